The third kappa shape index (κ3) is 4.29. The molecule has 0 aromatic heterocycles. The van der Waals surface area contributed by atoms with Crippen LogP contribution in [0.4, 0.5) is 0 Å². The van der Waals surface area contributed by atoms with Crippen LogP contribution in [-0.2, 0) is 6.42 Å². The molecule has 2 aromatic carbocycles. The Bertz CT molecular complexity index is 550. The van der Waals surface area contributed by atoms with Crippen molar-refractivity contribution in [3.05, 3.63) is 63.1 Å². The maximum Gasteiger partial charge on any atom is 0.119 e. The van der Waals surface area contributed by atoms with E-state index in [1.165, 1.54) is 0 Å². The highest BCUT2D eigenvalue weighted by molar-refractivity contribution is 6.36. The number of benzene rings is 2. The molecular formula is C15H13Cl3O2. The predicted molar refractivity (Wildman–Crippen MR) is 83.1 cm³/mol. The van der Waals surface area contributed by atoms with E-state index in [9.17, 15) is 5.11 Å². The molecule has 20 heavy (non-hydrogen) atoms. The molecule has 0 heterocycles. The predicted octanol–water partition coefficient (Wildman–Crippen LogP) is 4.63. The van der Waals surface area contributed by atoms with Crippen LogP contribution in [0.25, 0.3) is 0 Å². The summed E-state index contributed by atoms with van der Waals surface area (Å²) in [5.41, 5.74) is 0.725. The van der Waals surface area contributed by atoms with E-state index >= 15 is 0 Å². The lowest BCUT2D eigenvalue weighted by atomic mass is 10.1. The lowest BCUT2D eigenvalue weighted by Gasteiger charge is -2.14. The third-order valence-corrected chi connectivity index (χ3v) is 3.72. The zero-order valence-electron chi connectivity index (χ0n) is 10.5. The van der Waals surface area contributed by atoms with Gasteiger partial charge in [-0.3, -0.25) is 0 Å². The second-order valence-corrected chi connectivity index (χ2v) is 5.57. The van der Waals surface area contributed by atoms with Crippen LogP contribution in [0.3, 0.4) is 0 Å². The Balaban J connectivity index is 1.92. The van der Waals surface area contributed by atoms with Gasteiger partial charge in [-0.15, -0.1) is 0 Å². The average Bonchev–Trinajstić information content (AvgIpc) is 2.42. The van der Waals surface area contributed by atoms with Crippen LogP contribution in [-0.4, -0.2) is 17.8 Å². The zero-order chi connectivity index (χ0) is 14.5. The lowest BCUT2D eigenvalue weighted by molar-refractivity contribution is 0.108. The van der Waals surface area contributed by atoms with E-state index in [1.54, 1.807) is 42.5 Å². The molecule has 0 radical (unpaired) electrons. The Kier molecular flexibility index (Phi) is 5.55. The molecule has 0 amide bonds. The molecule has 0 aliphatic carbocycles. The fourth-order valence-corrected chi connectivity index (χ4v) is 2.42. The Labute approximate surface area is 132 Å². The Hall–Kier alpha value is -0.930. The summed E-state index contributed by atoms with van der Waals surface area (Å²) in [7, 11) is 0. The molecule has 1 unspecified atom stereocenters. The number of ether oxygens (including phenoxy) is 1. The minimum Gasteiger partial charge on any atom is -0.491 e. The van der Waals surface area contributed by atoms with Crippen molar-refractivity contribution in [1.29, 1.82) is 0 Å². The molecule has 2 nitrogen and oxygen atoms in total. The molecule has 0 bridgehead atoms. The zero-order valence-corrected chi connectivity index (χ0v) is 12.8. The van der Waals surface area contributed by atoms with Crippen LogP contribution in [0.1, 0.15) is 5.56 Å². The smallest absolute Gasteiger partial charge is 0.119 e. The van der Waals surface area contributed by atoms with Crippen LogP contribution in [0.15, 0.2) is 42.5 Å². The Morgan fingerprint density at radius 2 is 1.55 bits per heavy atom. The van der Waals surface area contributed by atoms with Gasteiger partial charge in [-0.05, 0) is 42.0 Å². The van der Waals surface area contributed by atoms with Crippen LogP contribution >= 0.6 is 34.8 Å². The van der Waals surface area contributed by atoms with Gasteiger partial charge < -0.3 is 9.84 Å². The number of rotatable bonds is 5. The van der Waals surface area contributed by atoms with Gasteiger partial charge in [0.15, 0.2) is 0 Å². The monoisotopic (exact) mass is 330 g/mol. The van der Waals surface area contributed by atoms with E-state index in [-0.39, 0.29) is 6.61 Å². The fourth-order valence-electron chi connectivity index (χ4n) is 1.75. The summed E-state index contributed by atoms with van der Waals surface area (Å²) in [6.45, 7) is 0.156. The van der Waals surface area contributed by atoms with E-state index in [0.717, 1.165) is 5.56 Å². The highest BCUT2D eigenvalue weighted by Gasteiger charge is 2.12. The summed E-state index contributed by atoms with van der Waals surface area (Å²) >= 11 is 17.9. The summed E-state index contributed by atoms with van der Waals surface area (Å²) in [4.78, 5) is 0. The summed E-state index contributed by atoms with van der Waals surface area (Å²) in [5, 5.41) is 11.7. The summed E-state index contributed by atoms with van der Waals surface area (Å²) < 4.78 is 5.48. The van der Waals surface area contributed by atoms with Gasteiger partial charge in [0.25, 0.3) is 0 Å². The second kappa shape index (κ2) is 7.19. The summed E-state index contributed by atoms with van der Waals surface area (Å²) in [6, 6.07) is 12.2. The fraction of sp³-hybridized carbons (Fsp3) is 0.200. The van der Waals surface area contributed by atoms with Gasteiger partial charge in [-0.2, -0.15) is 0 Å². The molecule has 1 N–H and O–H groups in total. The van der Waals surface area contributed by atoms with Gasteiger partial charge in [-0.25, -0.2) is 0 Å². The van der Waals surface area contributed by atoms with Crippen molar-refractivity contribution < 1.29 is 9.84 Å². The van der Waals surface area contributed by atoms with E-state index in [1.807, 2.05) is 0 Å². The molecule has 0 fully saturated rings. The molecule has 1 atom stereocenters. The van der Waals surface area contributed by atoms with Gasteiger partial charge in [0.05, 0.1) is 6.10 Å². The van der Waals surface area contributed by atoms with Crippen molar-refractivity contribution in [2.45, 2.75) is 12.5 Å². The van der Waals surface area contributed by atoms with Crippen LogP contribution < -0.4 is 4.74 Å². The van der Waals surface area contributed by atoms with Crippen molar-refractivity contribution in [3.63, 3.8) is 0 Å². The van der Waals surface area contributed by atoms with Gasteiger partial charge in [0, 0.05) is 21.5 Å². The largest absolute Gasteiger partial charge is 0.491 e. The molecule has 0 saturated heterocycles. The van der Waals surface area contributed by atoms with Gasteiger partial charge in [0.2, 0.25) is 0 Å². The maximum absolute atomic E-state index is 10.00. The van der Waals surface area contributed by atoms with E-state index < -0.39 is 6.10 Å². The van der Waals surface area contributed by atoms with E-state index in [2.05, 4.69) is 0 Å². The Morgan fingerprint density at radius 1 is 0.950 bits per heavy atom. The van der Waals surface area contributed by atoms with Crippen molar-refractivity contribution >= 4 is 34.8 Å². The first-order valence-corrected chi connectivity index (χ1v) is 7.19. The number of hydrogen-bond acceptors (Lipinski definition) is 2. The topological polar surface area (TPSA) is 29.5 Å². The number of aliphatic hydroxyl groups excluding tert-OH is 1. The number of hydrogen-bond donors (Lipinski definition) is 1. The summed E-state index contributed by atoms with van der Waals surface area (Å²) in [5.74, 6) is 0.652. The van der Waals surface area contributed by atoms with Gasteiger partial charge in [-0.1, -0.05) is 40.9 Å². The highest BCUT2D eigenvalue weighted by atomic mass is 35.5. The van der Waals surface area contributed by atoms with Crippen molar-refractivity contribution in [3.8, 4) is 5.75 Å². The minimum absolute atomic E-state index is 0.156. The molecule has 2 aromatic rings. The number of halogens is 3. The van der Waals surface area contributed by atoms with Crippen LogP contribution in [0, 0.1) is 0 Å². The molecule has 0 aliphatic rings. The second-order valence-electron chi connectivity index (χ2n) is 4.32. The maximum atomic E-state index is 10.00. The molecule has 0 spiro atoms. The highest BCUT2D eigenvalue weighted by Crippen LogP contribution is 2.25. The third-order valence-electron chi connectivity index (χ3n) is 2.76. The molecule has 2 rings (SSSR count). The normalized spacial score (nSPS) is 12.2. The van der Waals surface area contributed by atoms with E-state index in [0.29, 0.717) is 27.2 Å². The first-order valence-electron chi connectivity index (χ1n) is 6.05. The standard InChI is InChI=1S/C15H13Cl3O2/c16-10-4-6-12(7-5-10)20-9-11(19)8-13-14(17)2-1-3-15(13)18/h1-7,11,19H,8-9H2. The molecular weight excluding hydrogens is 319 g/mol. The van der Waals surface area contributed by atoms with Gasteiger partial charge >= 0.3 is 0 Å². The van der Waals surface area contributed by atoms with E-state index in [4.69, 9.17) is 39.5 Å². The molecule has 106 valence electrons. The Morgan fingerprint density at radius 3 is 2.15 bits per heavy atom. The SMILES string of the molecule is OC(COc1ccc(Cl)cc1)Cc1c(Cl)cccc1Cl. The first kappa shape index (κ1) is 15.5. The number of aliphatic hydroxyl groups is 1. The lowest BCUT2D eigenvalue weighted by Crippen LogP contribution is -2.20. The first-order chi connectivity index (χ1) is 9.56. The quantitative estimate of drug-likeness (QED) is 0.865. The van der Waals surface area contributed by atoms with Crippen LogP contribution in [0.2, 0.25) is 15.1 Å². The van der Waals surface area contributed by atoms with Crippen LogP contribution in [0.5, 0.6) is 5.75 Å². The van der Waals surface area contributed by atoms with Crippen molar-refractivity contribution in [1.82, 2.24) is 0 Å². The van der Waals surface area contributed by atoms with Crippen molar-refractivity contribution in [2.75, 3.05) is 6.61 Å². The van der Waals surface area contributed by atoms with Gasteiger partial charge in [0.1, 0.15) is 12.4 Å². The summed E-state index contributed by atoms with van der Waals surface area (Å²) in [6.07, 6.45) is -0.352. The molecule has 0 saturated carbocycles. The van der Waals surface area contributed by atoms with Crippen molar-refractivity contribution in [2.24, 2.45) is 0 Å². The molecule has 0 aliphatic heterocycles. The minimum atomic E-state index is -0.692. The average molecular weight is 332 g/mol. The molecule has 5 heteroatoms.